The van der Waals surface area contributed by atoms with Crippen LogP contribution >= 0.6 is 0 Å². The molecule has 1 atom stereocenters. The second-order valence-electron chi connectivity index (χ2n) is 12.1. The van der Waals surface area contributed by atoms with Gasteiger partial charge >= 0.3 is 0 Å². The van der Waals surface area contributed by atoms with Crippen LogP contribution in [0.5, 0.6) is 0 Å². The van der Waals surface area contributed by atoms with Gasteiger partial charge in [0.05, 0.1) is 15.5 Å². The number of benzene rings is 3. The SMILES string of the molecule is CC(CCN1C(=CC=CC2=[N+](CS(=O)(=O)[O-])c3ccccc3C2(C)C)C(C)(C)c2c1ccc1ccccc21)S(=O)(=O)[O-]. The van der Waals surface area contributed by atoms with Crippen molar-refractivity contribution >= 4 is 48.1 Å². The molecule has 0 bridgehead atoms. The minimum Gasteiger partial charge on any atom is -0.748 e. The fourth-order valence-electron chi connectivity index (χ4n) is 6.40. The molecule has 5 rings (SSSR count). The summed E-state index contributed by atoms with van der Waals surface area (Å²) in [6, 6.07) is 19.6. The number of anilines is 1. The van der Waals surface area contributed by atoms with Gasteiger partial charge in [0, 0.05) is 46.3 Å². The van der Waals surface area contributed by atoms with Crippen molar-refractivity contribution in [1.29, 1.82) is 0 Å². The Kier molecular flexibility index (Phi) is 7.50. The quantitative estimate of drug-likeness (QED) is 0.252. The molecule has 2 heterocycles. The zero-order valence-electron chi connectivity index (χ0n) is 24.4. The maximum Gasteiger partial charge on any atom is 0.237 e. The number of para-hydroxylation sites is 1. The first kappa shape index (κ1) is 30.2. The molecule has 10 heteroatoms. The van der Waals surface area contributed by atoms with Crippen LogP contribution in [-0.4, -0.2) is 53.9 Å². The normalized spacial score (nSPS) is 19.6. The van der Waals surface area contributed by atoms with Crippen LogP contribution in [0.25, 0.3) is 10.8 Å². The number of fused-ring (bicyclic) bond motifs is 4. The smallest absolute Gasteiger partial charge is 0.237 e. The lowest BCUT2D eigenvalue weighted by atomic mass is 9.80. The van der Waals surface area contributed by atoms with Crippen molar-refractivity contribution in [2.75, 3.05) is 17.3 Å². The lowest BCUT2D eigenvalue weighted by molar-refractivity contribution is -0.416. The first-order chi connectivity index (χ1) is 19.5. The predicted octanol–water partition coefficient (Wildman–Crippen LogP) is 5.28. The van der Waals surface area contributed by atoms with E-state index in [-0.39, 0.29) is 6.42 Å². The molecule has 0 saturated carbocycles. The highest BCUT2D eigenvalue weighted by Gasteiger charge is 2.45. The van der Waals surface area contributed by atoms with Crippen LogP contribution in [0.2, 0.25) is 0 Å². The molecule has 0 radical (unpaired) electrons. The average molecular weight is 608 g/mol. The van der Waals surface area contributed by atoms with Gasteiger partial charge in [-0.3, -0.25) is 0 Å². The summed E-state index contributed by atoms with van der Waals surface area (Å²) in [5.41, 5.74) is 4.23. The van der Waals surface area contributed by atoms with Crippen LogP contribution in [0.4, 0.5) is 11.4 Å². The first-order valence-electron chi connectivity index (χ1n) is 13.8. The molecule has 42 heavy (non-hydrogen) atoms. The molecule has 8 nitrogen and oxygen atoms in total. The van der Waals surface area contributed by atoms with E-state index in [1.165, 1.54) is 6.92 Å². The van der Waals surface area contributed by atoms with Crippen molar-refractivity contribution in [1.82, 2.24) is 0 Å². The lowest BCUT2D eigenvalue weighted by Crippen LogP contribution is -2.30. The Morgan fingerprint density at radius 2 is 1.57 bits per heavy atom. The summed E-state index contributed by atoms with van der Waals surface area (Å²) < 4.78 is 72.3. The van der Waals surface area contributed by atoms with E-state index in [4.69, 9.17) is 0 Å². The third-order valence-corrected chi connectivity index (χ3v) is 10.4. The molecule has 0 spiro atoms. The van der Waals surface area contributed by atoms with Crippen molar-refractivity contribution in [2.24, 2.45) is 0 Å². The summed E-state index contributed by atoms with van der Waals surface area (Å²) in [6.07, 6.45) is 5.82. The van der Waals surface area contributed by atoms with Crippen molar-refractivity contribution in [3.8, 4) is 0 Å². The fourth-order valence-corrected chi connectivity index (χ4v) is 7.39. The zero-order valence-corrected chi connectivity index (χ0v) is 26.0. The number of hydrogen-bond acceptors (Lipinski definition) is 7. The Hall–Kier alpha value is -3.31. The molecule has 2 aliphatic heterocycles. The maximum absolute atomic E-state index is 11.9. The first-order valence-corrected chi connectivity index (χ1v) is 16.9. The largest absolute Gasteiger partial charge is 0.748 e. The fraction of sp³-hybridized carbons (Fsp3) is 0.344. The van der Waals surface area contributed by atoms with Gasteiger partial charge in [-0.15, -0.1) is 0 Å². The molecule has 1 unspecified atom stereocenters. The monoisotopic (exact) mass is 607 g/mol. The van der Waals surface area contributed by atoms with E-state index in [1.54, 1.807) is 4.58 Å². The number of rotatable bonds is 8. The summed E-state index contributed by atoms with van der Waals surface area (Å²) in [6.45, 7) is 9.98. The third-order valence-electron chi connectivity index (χ3n) is 8.60. The summed E-state index contributed by atoms with van der Waals surface area (Å²) in [5.74, 6) is -0.680. The van der Waals surface area contributed by atoms with Crippen molar-refractivity contribution < 1.29 is 30.5 Å². The number of hydrogen-bond donors (Lipinski definition) is 0. The summed E-state index contributed by atoms with van der Waals surface area (Å²) >= 11 is 0. The Morgan fingerprint density at radius 3 is 2.26 bits per heavy atom. The standard InChI is InChI=1S/C32H36N2O6S2/c1-22(42(38,39)40)19-20-33-27-18-17-23-11-6-7-12-24(23)30(27)32(4,5)29(33)16-10-15-28-31(2,3)25-13-8-9-14-26(25)34(28)21-41(35,36)37/h6-18,22H,19-21H2,1-5H3,(H-,35,36,37,38,39,40)/p-1. The molecule has 3 aromatic rings. The Balaban J connectivity index is 1.62. The molecule has 2 aliphatic rings. The molecule has 222 valence electrons. The number of nitrogens with zero attached hydrogens (tertiary/aromatic N) is 2. The highest BCUT2D eigenvalue weighted by atomic mass is 32.2. The highest BCUT2D eigenvalue weighted by molar-refractivity contribution is 7.86. The average Bonchev–Trinajstić information content (AvgIpc) is 3.25. The highest BCUT2D eigenvalue weighted by Crippen LogP contribution is 2.51. The second kappa shape index (κ2) is 10.4. The van der Waals surface area contributed by atoms with E-state index in [2.05, 4.69) is 30.9 Å². The summed E-state index contributed by atoms with van der Waals surface area (Å²) in [4.78, 5) is 2.08. The van der Waals surface area contributed by atoms with Crippen molar-refractivity contribution in [2.45, 2.75) is 57.1 Å². The van der Waals surface area contributed by atoms with Crippen LogP contribution in [0, 0.1) is 0 Å². The van der Waals surface area contributed by atoms with Gasteiger partial charge in [-0.05, 0) is 55.7 Å². The molecular weight excluding hydrogens is 572 g/mol. The van der Waals surface area contributed by atoms with Gasteiger partial charge in [-0.25, -0.2) is 16.8 Å². The van der Waals surface area contributed by atoms with Crippen molar-refractivity contribution in [3.63, 3.8) is 0 Å². The van der Waals surface area contributed by atoms with Crippen LogP contribution < -0.4 is 4.90 Å². The van der Waals surface area contributed by atoms with Crippen LogP contribution in [-0.2, 0) is 31.1 Å². The molecule has 0 N–H and O–H groups in total. The molecule has 0 fully saturated rings. The second-order valence-corrected chi connectivity index (χ2v) is 15.3. The van der Waals surface area contributed by atoms with Gasteiger partial charge in [0.25, 0.3) is 0 Å². The van der Waals surface area contributed by atoms with Crippen molar-refractivity contribution in [3.05, 3.63) is 95.7 Å². The molecule has 0 aromatic heterocycles. The minimum absolute atomic E-state index is 0.157. The Labute approximate surface area is 248 Å². The van der Waals surface area contributed by atoms with Gasteiger partial charge in [0.1, 0.15) is 0 Å². The minimum atomic E-state index is -4.56. The number of allylic oxidation sites excluding steroid dienone is 4. The summed E-state index contributed by atoms with van der Waals surface area (Å²) in [7, 11) is -9.00. The lowest BCUT2D eigenvalue weighted by Gasteiger charge is -2.28. The van der Waals surface area contributed by atoms with Crippen LogP contribution in [0.1, 0.15) is 52.2 Å². The van der Waals surface area contributed by atoms with Crippen LogP contribution in [0.3, 0.4) is 0 Å². The summed E-state index contributed by atoms with van der Waals surface area (Å²) in [5, 5.41) is 1.14. The third kappa shape index (κ3) is 5.32. The predicted molar refractivity (Wildman–Crippen MR) is 164 cm³/mol. The van der Waals surface area contributed by atoms with E-state index in [9.17, 15) is 25.9 Å². The molecule has 0 saturated heterocycles. The van der Waals surface area contributed by atoms with Gasteiger partial charge in [-0.2, -0.15) is 4.58 Å². The zero-order chi connectivity index (χ0) is 30.7. The van der Waals surface area contributed by atoms with Crippen LogP contribution in [0.15, 0.2) is 84.6 Å². The van der Waals surface area contributed by atoms with Gasteiger partial charge < -0.3 is 14.0 Å². The van der Waals surface area contributed by atoms with E-state index in [0.29, 0.717) is 17.9 Å². The Morgan fingerprint density at radius 1 is 0.905 bits per heavy atom. The molecular formula is C32H35N2O6S2-. The van der Waals surface area contributed by atoms with Gasteiger partial charge in [-0.1, -0.05) is 68.5 Å². The topological polar surface area (TPSA) is 121 Å². The van der Waals surface area contributed by atoms with Gasteiger partial charge in [0.2, 0.25) is 11.6 Å². The Bertz CT molecular complexity index is 1890. The molecule has 3 aromatic carbocycles. The van der Waals surface area contributed by atoms with E-state index < -0.39 is 42.2 Å². The van der Waals surface area contributed by atoms with E-state index in [0.717, 1.165) is 33.3 Å². The van der Waals surface area contributed by atoms with E-state index in [1.807, 2.05) is 80.6 Å². The molecule has 0 aliphatic carbocycles. The van der Waals surface area contributed by atoms with E-state index >= 15 is 0 Å². The maximum atomic E-state index is 11.9. The van der Waals surface area contributed by atoms with Gasteiger partial charge in [0.15, 0.2) is 15.8 Å². The molecule has 0 amide bonds.